The van der Waals surface area contributed by atoms with Crippen molar-refractivity contribution < 1.29 is 10.0 Å². The van der Waals surface area contributed by atoms with Crippen LogP contribution in [-0.4, -0.2) is 53.7 Å². The Morgan fingerprint density at radius 3 is 2.72 bits per heavy atom. The first-order chi connectivity index (χ1) is 13.9. The van der Waals surface area contributed by atoms with Crippen LogP contribution in [-0.2, 0) is 13.0 Å². The van der Waals surface area contributed by atoms with Gasteiger partial charge in [-0.3, -0.25) is 0 Å². The number of aromatic nitrogens is 2. The van der Waals surface area contributed by atoms with E-state index in [0.29, 0.717) is 17.5 Å². The van der Waals surface area contributed by atoms with Crippen molar-refractivity contribution >= 4 is 34.1 Å². The maximum Gasteiger partial charge on any atom is 0.342 e. The molecule has 2 aromatic rings. The van der Waals surface area contributed by atoms with Gasteiger partial charge >= 0.3 is 5.82 Å². The smallest absolute Gasteiger partial charge is 0.342 e. The van der Waals surface area contributed by atoms with Crippen molar-refractivity contribution in [2.24, 2.45) is 5.92 Å². The number of aryl methyl sites for hydroxylation is 1. The van der Waals surface area contributed by atoms with Crippen LogP contribution in [0.5, 0.6) is 0 Å². The number of aliphatic hydroxyl groups excluding tert-OH is 1. The first kappa shape index (κ1) is 21.7. The Morgan fingerprint density at radius 1 is 1.38 bits per heavy atom. The lowest BCUT2D eigenvalue weighted by molar-refractivity contribution is -0.392. The lowest BCUT2D eigenvalue weighted by atomic mass is 9.90. The minimum absolute atomic E-state index is 0.102. The maximum absolute atomic E-state index is 11.1. The molecular weight excluding hydrogens is 408 g/mol. The largest absolute Gasteiger partial charge is 0.388 e. The molecule has 1 aromatic heterocycles. The van der Waals surface area contributed by atoms with E-state index in [-0.39, 0.29) is 12.4 Å². The van der Waals surface area contributed by atoms with Gasteiger partial charge in [0.15, 0.2) is 5.82 Å². The number of nitro groups is 1. The summed E-state index contributed by atoms with van der Waals surface area (Å²) < 4.78 is 2.22. The van der Waals surface area contributed by atoms with Crippen LogP contribution in [0, 0.1) is 23.0 Å². The van der Waals surface area contributed by atoms with Crippen LogP contribution in [0.2, 0.25) is 0 Å². The molecule has 2 heterocycles. The van der Waals surface area contributed by atoms with E-state index in [1.165, 1.54) is 28.1 Å². The average Bonchev–Trinajstić information content (AvgIpc) is 3.08. The summed E-state index contributed by atoms with van der Waals surface area (Å²) in [6.45, 7) is 3.70. The molecule has 156 valence electrons. The lowest BCUT2D eigenvalue weighted by Crippen LogP contribution is -2.37. The number of hydrogen-bond donors (Lipinski definition) is 1. The summed E-state index contributed by atoms with van der Waals surface area (Å²) in [5.74, 6) is 1.49. The van der Waals surface area contributed by atoms with Crippen molar-refractivity contribution in [3.05, 3.63) is 58.0 Å². The van der Waals surface area contributed by atoms with Gasteiger partial charge in [-0.25, -0.2) is 9.55 Å². The van der Waals surface area contributed by atoms with Gasteiger partial charge in [0.25, 0.3) is 0 Å². The first-order valence-electron chi connectivity index (χ1n) is 9.74. The normalized spacial score (nSPS) is 16.0. The van der Waals surface area contributed by atoms with Gasteiger partial charge in [-0.1, -0.05) is 54.3 Å². The molecule has 0 bridgehead atoms. The summed E-state index contributed by atoms with van der Waals surface area (Å²) in [5.41, 5.74) is 1.38. The second-order valence-corrected chi connectivity index (χ2v) is 9.04. The highest BCUT2D eigenvalue weighted by Gasteiger charge is 2.24. The molecule has 7 nitrogen and oxygen atoms in total. The van der Waals surface area contributed by atoms with Crippen LogP contribution in [0.15, 0.2) is 36.5 Å². The highest BCUT2D eigenvalue weighted by atomic mass is 32.2. The van der Waals surface area contributed by atoms with Gasteiger partial charge in [0.1, 0.15) is 23.2 Å². The monoisotopic (exact) mass is 434 g/mol. The zero-order valence-corrected chi connectivity index (χ0v) is 18.1. The minimum atomic E-state index is -0.736. The number of thioether (sulfide) groups is 1. The number of hydrogen-bond acceptors (Lipinski definition) is 6. The minimum Gasteiger partial charge on any atom is -0.388 e. The van der Waals surface area contributed by atoms with Crippen molar-refractivity contribution in [1.82, 2.24) is 14.5 Å². The summed E-state index contributed by atoms with van der Waals surface area (Å²) in [4.78, 5) is 16.8. The van der Waals surface area contributed by atoms with E-state index in [9.17, 15) is 15.2 Å². The molecule has 0 saturated carbocycles. The number of nitrogens with zero attached hydrogens (tertiary/aromatic N) is 4. The Kier molecular flexibility index (Phi) is 7.63. The van der Waals surface area contributed by atoms with Gasteiger partial charge in [-0.05, 0) is 35.7 Å². The van der Waals surface area contributed by atoms with E-state index in [1.807, 2.05) is 6.07 Å². The third kappa shape index (κ3) is 6.01. The van der Waals surface area contributed by atoms with E-state index < -0.39 is 11.0 Å². The Balaban J connectivity index is 1.42. The summed E-state index contributed by atoms with van der Waals surface area (Å²) in [7, 11) is 0. The second-order valence-electron chi connectivity index (χ2n) is 7.38. The van der Waals surface area contributed by atoms with Crippen molar-refractivity contribution in [1.29, 1.82) is 0 Å². The molecule has 1 saturated heterocycles. The van der Waals surface area contributed by atoms with Crippen molar-refractivity contribution in [3.63, 3.8) is 0 Å². The fraction of sp³-hybridized carbons (Fsp3) is 0.500. The number of piperidine rings is 1. The van der Waals surface area contributed by atoms with Crippen LogP contribution in [0.3, 0.4) is 0 Å². The topological polar surface area (TPSA) is 84.4 Å². The third-order valence-electron chi connectivity index (χ3n) is 5.25. The van der Waals surface area contributed by atoms with Crippen LogP contribution in [0.25, 0.3) is 0 Å². The molecule has 29 heavy (non-hydrogen) atoms. The molecule has 1 atom stereocenters. The Hall–Kier alpha value is -1.97. The summed E-state index contributed by atoms with van der Waals surface area (Å²) in [6, 6.07) is 10.6. The van der Waals surface area contributed by atoms with Crippen molar-refractivity contribution in [2.45, 2.75) is 38.8 Å². The van der Waals surface area contributed by atoms with Crippen molar-refractivity contribution in [3.8, 4) is 0 Å². The van der Waals surface area contributed by atoms with E-state index in [2.05, 4.69) is 34.1 Å². The molecule has 1 unspecified atom stereocenters. The zero-order valence-electron chi connectivity index (χ0n) is 16.4. The highest BCUT2D eigenvalue weighted by molar-refractivity contribution is 8.22. The number of aliphatic hydroxyl groups is 1. The molecule has 0 radical (unpaired) electrons. The maximum atomic E-state index is 11.1. The fourth-order valence-electron chi connectivity index (χ4n) is 3.62. The Morgan fingerprint density at radius 2 is 2.07 bits per heavy atom. The van der Waals surface area contributed by atoms with Crippen molar-refractivity contribution in [2.75, 3.05) is 18.8 Å². The molecule has 0 spiro atoms. The quantitative estimate of drug-likeness (QED) is 0.406. The van der Waals surface area contributed by atoms with E-state index in [4.69, 9.17) is 12.2 Å². The van der Waals surface area contributed by atoms with Gasteiger partial charge in [0.2, 0.25) is 0 Å². The van der Waals surface area contributed by atoms with Crippen LogP contribution < -0.4 is 0 Å². The molecule has 1 fully saturated rings. The van der Waals surface area contributed by atoms with Gasteiger partial charge in [-0.2, -0.15) is 0 Å². The molecule has 1 N–H and O–H groups in total. The van der Waals surface area contributed by atoms with E-state index in [0.717, 1.165) is 36.7 Å². The van der Waals surface area contributed by atoms with E-state index >= 15 is 0 Å². The second kappa shape index (κ2) is 10.2. The third-order valence-corrected chi connectivity index (χ3v) is 6.92. The molecule has 1 aromatic carbocycles. The highest BCUT2D eigenvalue weighted by Crippen LogP contribution is 2.24. The number of imidazole rings is 1. The number of likely N-dealkylation sites (tertiary alicyclic amines) is 1. The van der Waals surface area contributed by atoms with Gasteiger partial charge in [0, 0.05) is 25.8 Å². The molecule has 0 aliphatic carbocycles. The molecule has 1 aliphatic rings. The van der Waals surface area contributed by atoms with E-state index in [1.54, 1.807) is 6.92 Å². The number of benzene rings is 1. The zero-order chi connectivity index (χ0) is 20.8. The summed E-state index contributed by atoms with van der Waals surface area (Å²) >= 11 is 6.99. The van der Waals surface area contributed by atoms with Gasteiger partial charge in [0.05, 0.1) is 0 Å². The van der Waals surface area contributed by atoms with Gasteiger partial charge in [-0.15, -0.1) is 0 Å². The molecule has 9 heteroatoms. The summed E-state index contributed by atoms with van der Waals surface area (Å²) in [6.07, 6.45) is 3.81. The predicted octanol–water partition coefficient (Wildman–Crippen LogP) is 3.43. The lowest BCUT2D eigenvalue weighted by Gasteiger charge is -2.33. The number of thiocarbonyl (C=S) groups is 1. The average molecular weight is 435 g/mol. The molecular formula is C20H26N4O3S2. The fourth-order valence-corrected chi connectivity index (χ4v) is 4.81. The summed E-state index contributed by atoms with van der Waals surface area (Å²) in [5, 5.41) is 21.4. The van der Waals surface area contributed by atoms with Crippen LogP contribution >= 0.6 is 24.0 Å². The van der Waals surface area contributed by atoms with Crippen LogP contribution in [0.4, 0.5) is 5.82 Å². The molecule has 3 rings (SSSR count). The molecule has 0 amide bonds. The Bertz CT molecular complexity index is 836. The first-order valence-corrected chi connectivity index (χ1v) is 11.1. The SMILES string of the molecule is Cc1ncc([N+](=O)[O-])n1CC(O)CSC(=S)N1CCC(Cc2ccccc2)CC1. The van der Waals surface area contributed by atoms with Gasteiger partial charge < -0.3 is 20.1 Å². The Labute approximate surface area is 180 Å². The number of rotatable bonds is 7. The standard InChI is InChI=1S/C20H26N4O3S2/c1-15-21-12-19(24(26)27)23(15)13-18(25)14-29-20(28)22-9-7-17(8-10-22)11-16-5-3-2-4-6-16/h2-6,12,17-18,25H,7-11,13-14H2,1H3. The predicted molar refractivity (Wildman–Crippen MR) is 119 cm³/mol. The van der Waals surface area contributed by atoms with Crippen LogP contribution in [0.1, 0.15) is 24.2 Å². The molecule has 1 aliphatic heterocycles.